The molecule has 0 radical (unpaired) electrons. The summed E-state index contributed by atoms with van der Waals surface area (Å²) in [5, 5.41) is 0. The van der Waals surface area contributed by atoms with Gasteiger partial charge in [0, 0.05) is 0 Å². The van der Waals surface area contributed by atoms with Crippen LogP contribution in [0.2, 0.25) is 0 Å². The van der Waals surface area contributed by atoms with E-state index in [9.17, 15) is 0 Å². The van der Waals surface area contributed by atoms with E-state index in [-0.39, 0.29) is 0 Å². The monoisotopic (exact) mass is 152 g/mol. The van der Waals surface area contributed by atoms with Crippen LogP contribution in [0.3, 0.4) is 0 Å². The summed E-state index contributed by atoms with van der Waals surface area (Å²) in [4.78, 5) is 0. The average molecular weight is 152 g/mol. The first-order valence-electron chi connectivity index (χ1n) is 5.18. The summed E-state index contributed by atoms with van der Waals surface area (Å²) in [6, 6.07) is 0. The fourth-order valence-corrected chi connectivity index (χ4v) is 2.92. The lowest BCUT2D eigenvalue weighted by atomic mass is 9.83. The Hall–Kier alpha value is 0. The summed E-state index contributed by atoms with van der Waals surface area (Å²) in [5.41, 5.74) is 0. The molecule has 0 nitrogen and oxygen atoms in total. The molecule has 0 N–H and O–H groups in total. The standard InChI is InChI=1S/C11H20/c1-5-6(2)7(3)9-10-8(4)11(9)10/h6-11H,5H2,1-4H3. The van der Waals surface area contributed by atoms with Crippen molar-refractivity contribution in [2.45, 2.75) is 34.1 Å². The molecule has 2 saturated carbocycles. The fraction of sp³-hybridized carbons (Fsp3) is 1.00. The van der Waals surface area contributed by atoms with Gasteiger partial charge >= 0.3 is 0 Å². The van der Waals surface area contributed by atoms with Crippen LogP contribution < -0.4 is 0 Å². The Bertz CT molecular complexity index is 151. The maximum atomic E-state index is 2.46. The fourth-order valence-electron chi connectivity index (χ4n) is 2.92. The molecule has 0 heterocycles. The molecular formula is C11H20. The summed E-state index contributed by atoms with van der Waals surface area (Å²) in [5.74, 6) is 6.54. The highest BCUT2D eigenvalue weighted by molar-refractivity contribution is 5.18. The molecule has 64 valence electrons. The van der Waals surface area contributed by atoms with Crippen LogP contribution in [-0.4, -0.2) is 0 Å². The smallest absolute Gasteiger partial charge is 0.0318 e. The Balaban J connectivity index is 1.80. The third kappa shape index (κ3) is 0.947. The van der Waals surface area contributed by atoms with Crippen molar-refractivity contribution in [1.29, 1.82) is 0 Å². The Morgan fingerprint density at radius 1 is 1.18 bits per heavy atom. The summed E-state index contributed by atoms with van der Waals surface area (Å²) in [7, 11) is 0. The van der Waals surface area contributed by atoms with Crippen LogP contribution in [0.15, 0.2) is 0 Å². The quantitative estimate of drug-likeness (QED) is 0.582. The summed E-state index contributed by atoms with van der Waals surface area (Å²) >= 11 is 0. The van der Waals surface area contributed by atoms with Crippen LogP contribution in [-0.2, 0) is 0 Å². The van der Waals surface area contributed by atoms with E-state index in [0.29, 0.717) is 0 Å². The van der Waals surface area contributed by atoms with E-state index in [1.165, 1.54) is 18.3 Å². The first kappa shape index (κ1) is 7.64. The lowest BCUT2D eigenvalue weighted by Crippen LogP contribution is -2.15. The van der Waals surface area contributed by atoms with Crippen LogP contribution in [0, 0.1) is 35.5 Å². The van der Waals surface area contributed by atoms with Crippen LogP contribution in [0.4, 0.5) is 0 Å². The van der Waals surface area contributed by atoms with Crippen LogP contribution in [0.1, 0.15) is 34.1 Å². The zero-order chi connectivity index (χ0) is 8.17. The molecule has 0 heteroatoms. The molecule has 2 aliphatic rings. The third-order valence-corrected chi connectivity index (χ3v) is 4.41. The molecule has 0 aromatic heterocycles. The summed E-state index contributed by atoms with van der Waals surface area (Å²) < 4.78 is 0. The second-order valence-corrected chi connectivity index (χ2v) is 4.84. The predicted octanol–water partition coefficient (Wildman–Crippen LogP) is 3.18. The van der Waals surface area contributed by atoms with Gasteiger partial charge in [-0.1, -0.05) is 34.1 Å². The Morgan fingerprint density at radius 2 is 1.73 bits per heavy atom. The van der Waals surface area contributed by atoms with Crippen LogP contribution >= 0.6 is 0 Å². The number of rotatable bonds is 3. The summed E-state index contributed by atoms with van der Waals surface area (Å²) in [6.45, 7) is 9.60. The van der Waals surface area contributed by atoms with Gasteiger partial charge in [-0.3, -0.25) is 0 Å². The van der Waals surface area contributed by atoms with Gasteiger partial charge in [-0.2, -0.15) is 0 Å². The molecule has 4 atom stereocenters. The molecule has 2 fully saturated rings. The van der Waals surface area contributed by atoms with E-state index in [0.717, 1.165) is 23.7 Å². The first-order valence-corrected chi connectivity index (χ1v) is 5.18. The van der Waals surface area contributed by atoms with Crippen molar-refractivity contribution in [3.8, 4) is 0 Å². The Morgan fingerprint density at radius 3 is 2.09 bits per heavy atom. The van der Waals surface area contributed by atoms with E-state index in [1.807, 2.05) is 0 Å². The largest absolute Gasteiger partial charge is 0.0651 e. The topological polar surface area (TPSA) is 0 Å². The van der Waals surface area contributed by atoms with Gasteiger partial charge in [0.05, 0.1) is 0 Å². The van der Waals surface area contributed by atoms with Gasteiger partial charge in [0.2, 0.25) is 0 Å². The molecular weight excluding hydrogens is 132 g/mol. The van der Waals surface area contributed by atoms with Crippen LogP contribution in [0.5, 0.6) is 0 Å². The molecule has 0 bridgehead atoms. The minimum absolute atomic E-state index is 0.958. The van der Waals surface area contributed by atoms with Crippen molar-refractivity contribution in [3.63, 3.8) is 0 Å². The molecule has 2 aliphatic carbocycles. The van der Waals surface area contributed by atoms with Gasteiger partial charge in [0.1, 0.15) is 0 Å². The number of hydrogen-bond acceptors (Lipinski definition) is 0. The first-order chi connectivity index (χ1) is 5.18. The van der Waals surface area contributed by atoms with Gasteiger partial charge < -0.3 is 0 Å². The lowest BCUT2D eigenvalue weighted by Gasteiger charge is -2.22. The van der Waals surface area contributed by atoms with Crippen molar-refractivity contribution in [2.75, 3.05) is 0 Å². The van der Waals surface area contributed by atoms with Gasteiger partial charge in [-0.05, 0) is 35.5 Å². The van der Waals surface area contributed by atoms with Crippen LogP contribution in [0.25, 0.3) is 0 Å². The minimum atomic E-state index is 0.958. The average Bonchev–Trinajstić information content (AvgIpc) is 2.87. The van der Waals surface area contributed by atoms with Gasteiger partial charge in [0.25, 0.3) is 0 Å². The minimum Gasteiger partial charge on any atom is -0.0651 e. The van der Waals surface area contributed by atoms with E-state index >= 15 is 0 Å². The van der Waals surface area contributed by atoms with Gasteiger partial charge in [-0.25, -0.2) is 0 Å². The maximum Gasteiger partial charge on any atom is -0.0318 e. The molecule has 0 aliphatic heterocycles. The van der Waals surface area contributed by atoms with Crippen molar-refractivity contribution in [1.82, 2.24) is 0 Å². The third-order valence-electron chi connectivity index (χ3n) is 4.41. The van der Waals surface area contributed by atoms with Gasteiger partial charge in [-0.15, -0.1) is 0 Å². The van der Waals surface area contributed by atoms with E-state index < -0.39 is 0 Å². The second kappa shape index (κ2) is 2.24. The number of hydrogen-bond donors (Lipinski definition) is 0. The molecule has 0 amide bonds. The molecule has 4 unspecified atom stereocenters. The normalized spacial score (nSPS) is 51.3. The lowest BCUT2D eigenvalue weighted by molar-refractivity contribution is 0.268. The SMILES string of the molecule is CCC(C)C(C)C1C2C(C)C12. The predicted molar refractivity (Wildman–Crippen MR) is 48.3 cm³/mol. The zero-order valence-corrected chi connectivity index (χ0v) is 8.17. The molecule has 11 heavy (non-hydrogen) atoms. The van der Waals surface area contributed by atoms with Crippen molar-refractivity contribution in [2.24, 2.45) is 35.5 Å². The number of fused-ring (bicyclic) bond motifs is 1. The second-order valence-electron chi connectivity index (χ2n) is 4.84. The maximum absolute atomic E-state index is 2.46. The van der Waals surface area contributed by atoms with Crippen molar-refractivity contribution in [3.05, 3.63) is 0 Å². The van der Waals surface area contributed by atoms with Crippen molar-refractivity contribution < 1.29 is 0 Å². The molecule has 2 rings (SSSR count). The summed E-state index contributed by atoms with van der Waals surface area (Å²) in [6.07, 6.45) is 1.37. The molecule has 0 aromatic rings. The van der Waals surface area contributed by atoms with E-state index in [1.54, 1.807) is 0 Å². The highest BCUT2D eigenvalue weighted by Crippen LogP contribution is 2.75. The molecule has 0 spiro atoms. The highest BCUT2D eigenvalue weighted by Gasteiger charge is 2.71. The molecule has 0 aromatic carbocycles. The molecule has 0 saturated heterocycles. The highest BCUT2D eigenvalue weighted by atomic mass is 14.8. The zero-order valence-electron chi connectivity index (χ0n) is 8.17. The van der Waals surface area contributed by atoms with Crippen molar-refractivity contribution >= 4 is 0 Å². The Kier molecular flexibility index (Phi) is 1.56. The Labute approximate surface area is 70.4 Å². The van der Waals surface area contributed by atoms with E-state index in [2.05, 4.69) is 27.7 Å². The van der Waals surface area contributed by atoms with Gasteiger partial charge in [0.15, 0.2) is 0 Å². The van der Waals surface area contributed by atoms with E-state index in [4.69, 9.17) is 0 Å².